The molecule has 1 saturated heterocycles. The Hall–Kier alpha value is -2.24. The molecule has 1 aromatic carbocycles. The van der Waals surface area contributed by atoms with E-state index in [9.17, 15) is 4.79 Å². The van der Waals surface area contributed by atoms with E-state index in [0.29, 0.717) is 18.9 Å². The zero-order valence-electron chi connectivity index (χ0n) is 18.6. The van der Waals surface area contributed by atoms with Crippen molar-refractivity contribution in [2.75, 3.05) is 39.8 Å². The molecule has 0 atom stereocenters. The molecule has 1 amide bonds. The molecule has 2 rings (SSSR count). The Kier molecular flexibility index (Phi) is 9.29. The molecule has 162 valence electrons. The Morgan fingerprint density at radius 1 is 1.24 bits per heavy atom. The number of carbonyl (C=O) groups excluding carboxylic acids is 1. The Bertz CT molecular complexity index is 673. The van der Waals surface area contributed by atoms with Gasteiger partial charge in [-0.2, -0.15) is 0 Å². The molecule has 1 aliphatic rings. The number of aliphatic imine (C=N–C) groups is 1. The first-order valence-electron chi connectivity index (χ1n) is 10.9. The summed E-state index contributed by atoms with van der Waals surface area (Å²) in [5.74, 6) is 2.00. The normalized spacial score (nSPS) is 15.8. The van der Waals surface area contributed by atoms with Crippen molar-refractivity contribution in [3.8, 4) is 5.75 Å². The maximum atomic E-state index is 12.1. The summed E-state index contributed by atoms with van der Waals surface area (Å²) in [6.07, 6.45) is 4.96. The van der Waals surface area contributed by atoms with Crippen LogP contribution >= 0.6 is 0 Å². The molecule has 0 aliphatic carbocycles. The van der Waals surface area contributed by atoms with Gasteiger partial charge in [0.1, 0.15) is 5.75 Å². The van der Waals surface area contributed by atoms with Crippen molar-refractivity contribution in [1.29, 1.82) is 0 Å². The largest absolute Gasteiger partial charge is 0.497 e. The lowest BCUT2D eigenvalue weighted by Crippen LogP contribution is -2.40. The maximum Gasteiger partial charge on any atom is 0.222 e. The molecule has 6 nitrogen and oxygen atoms in total. The summed E-state index contributed by atoms with van der Waals surface area (Å²) in [5, 5.41) is 6.73. The molecule has 0 unspecified atom stereocenters. The lowest BCUT2D eigenvalue weighted by atomic mass is 9.85. The highest BCUT2D eigenvalue weighted by Crippen LogP contribution is 2.26. The number of ether oxygens (including phenoxy) is 1. The monoisotopic (exact) mass is 402 g/mol. The van der Waals surface area contributed by atoms with E-state index in [1.807, 2.05) is 17.0 Å². The fourth-order valence-corrected chi connectivity index (χ4v) is 3.51. The first-order valence-corrected chi connectivity index (χ1v) is 10.9. The minimum atomic E-state index is -0.102. The third kappa shape index (κ3) is 7.59. The van der Waals surface area contributed by atoms with E-state index in [1.54, 1.807) is 7.11 Å². The molecule has 0 radical (unpaired) electrons. The second-order valence-corrected chi connectivity index (χ2v) is 8.28. The van der Waals surface area contributed by atoms with Crippen molar-refractivity contribution in [2.24, 2.45) is 4.99 Å². The van der Waals surface area contributed by atoms with E-state index in [-0.39, 0.29) is 5.41 Å². The van der Waals surface area contributed by atoms with Gasteiger partial charge in [-0.1, -0.05) is 32.4 Å². The number of hydrogen-bond acceptors (Lipinski definition) is 3. The lowest BCUT2D eigenvalue weighted by molar-refractivity contribution is -0.130. The fraction of sp³-hybridized carbons (Fsp3) is 0.652. The van der Waals surface area contributed by atoms with Gasteiger partial charge in [-0.15, -0.1) is 0 Å². The topological polar surface area (TPSA) is 66.0 Å². The number of methoxy groups -OCH3 is 1. The van der Waals surface area contributed by atoms with Crippen LogP contribution in [-0.4, -0.2) is 56.6 Å². The van der Waals surface area contributed by atoms with Crippen LogP contribution in [0.3, 0.4) is 0 Å². The molecular weight excluding hydrogens is 364 g/mol. The third-order valence-electron chi connectivity index (χ3n) is 5.40. The molecule has 1 fully saturated rings. The number of hydrogen-bond donors (Lipinski definition) is 2. The summed E-state index contributed by atoms with van der Waals surface area (Å²) >= 11 is 0. The van der Waals surface area contributed by atoms with Gasteiger partial charge < -0.3 is 20.3 Å². The van der Waals surface area contributed by atoms with Gasteiger partial charge in [-0.3, -0.25) is 9.79 Å². The Morgan fingerprint density at radius 2 is 2.07 bits per heavy atom. The fourth-order valence-electron chi connectivity index (χ4n) is 3.51. The molecule has 6 heteroatoms. The Labute approximate surface area is 176 Å². The molecule has 1 aromatic rings. The lowest BCUT2D eigenvalue weighted by Gasteiger charge is -2.24. The van der Waals surface area contributed by atoms with E-state index in [2.05, 4.69) is 43.5 Å². The van der Waals surface area contributed by atoms with Crippen molar-refractivity contribution in [3.05, 3.63) is 29.8 Å². The number of likely N-dealkylation sites (tertiary alicyclic amines) is 1. The molecule has 2 N–H and O–H groups in total. The summed E-state index contributed by atoms with van der Waals surface area (Å²) in [7, 11) is 1.69. The maximum absolute atomic E-state index is 12.1. The van der Waals surface area contributed by atoms with Crippen LogP contribution in [0.1, 0.15) is 58.4 Å². The molecule has 0 saturated carbocycles. The van der Waals surface area contributed by atoms with E-state index in [0.717, 1.165) is 57.2 Å². The summed E-state index contributed by atoms with van der Waals surface area (Å²) in [6, 6.07) is 8.18. The second kappa shape index (κ2) is 11.7. The van der Waals surface area contributed by atoms with Gasteiger partial charge in [0, 0.05) is 38.0 Å². The molecule has 1 aliphatic heterocycles. The summed E-state index contributed by atoms with van der Waals surface area (Å²) in [4.78, 5) is 18.9. The highest BCUT2D eigenvalue weighted by Gasteiger charge is 2.21. The molecular formula is C23H38N4O2. The number of rotatable bonds is 9. The minimum Gasteiger partial charge on any atom is -0.497 e. The zero-order valence-corrected chi connectivity index (χ0v) is 18.6. The predicted octanol–water partition coefficient (Wildman–Crippen LogP) is 3.32. The van der Waals surface area contributed by atoms with Gasteiger partial charge in [-0.05, 0) is 43.9 Å². The summed E-state index contributed by atoms with van der Waals surface area (Å²) in [6.45, 7) is 10.5. The highest BCUT2D eigenvalue weighted by atomic mass is 16.5. The zero-order chi connectivity index (χ0) is 21.1. The van der Waals surface area contributed by atoms with Crippen molar-refractivity contribution < 1.29 is 9.53 Å². The van der Waals surface area contributed by atoms with Crippen molar-refractivity contribution in [3.63, 3.8) is 0 Å². The van der Waals surface area contributed by atoms with Crippen LogP contribution in [0, 0.1) is 0 Å². The molecule has 1 heterocycles. The van der Waals surface area contributed by atoms with Crippen molar-refractivity contribution in [2.45, 2.75) is 58.3 Å². The Balaban J connectivity index is 1.87. The Morgan fingerprint density at radius 3 is 2.83 bits per heavy atom. The van der Waals surface area contributed by atoms with Gasteiger partial charge in [0.2, 0.25) is 5.91 Å². The summed E-state index contributed by atoms with van der Waals surface area (Å²) in [5.41, 5.74) is 1.10. The van der Waals surface area contributed by atoms with Crippen molar-refractivity contribution in [1.82, 2.24) is 15.5 Å². The van der Waals surface area contributed by atoms with E-state index >= 15 is 0 Å². The number of carbonyl (C=O) groups is 1. The van der Waals surface area contributed by atoms with Gasteiger partial charge in [0.05, 0.1) is 13.7 Å². The predicted molar refractivity (Wildman–Crippen MR) is 120 cm³/mol. The van der Waals surface area contributed by atoms with Gasteiger partial charge in [0.15, 0.2) is 5.96 Å². The summed E-state index contributed by atoms with van der Waals surface area (Å²) < 4.78 is 5.36. The van der Waals surface area contributed by atoms with Gasteiger partial charge in [0.25, 0.3) is 0 Å². The average molecular weight is 403 g/mol. The number of guanidine groups is 1. The molecule has 0 bridgehead atoms. The van der Waals surface area contributed by atoms with Crippen LogP contribution in [0.5, 0.6) is 5.75 Å². The van der Waals surface area contributed by atoms with Crippen LogP contribution in [0.4, 0.5) is 0 Å². The number of amides is 1. The number of nitrogens with zero attached hydrogens (tertiary/aromatic N) is 2. The van der Waals surface area contributed by atoms with Gasteiger partial charge >= 0.3 is 0 Å². The molecule has 0 spiro atoms. The third-order valence-corrected chi connectivity index (χ3v) is 5.40. The number of benzene rings is 1. The van der Waals surface area contributed by atoms with Gasteiger partial charge in [-0.25, -0.2) is 0 Å². The quantitative estimate of drug-likeness (QED) is 0.378. The van der Waals surface area contributed by atoms with Crippen LogP contribution in [-0.2, 0) is 10.2 Å². The molecule has 0 aromatic heterocycles. The minimum absolute atomic E-state index is 0.102. The standard InChI is InChI=1S/C23H38N4O2/c1-5-24-22(25-14-10-16-27-15-8-6-7-13-21(27)28)26-18-23(2,3)19-11-9-12-20(17-19)29-4/h9,11-12,17H,5-8,10,13-16,18H2,1-4H3,(H2,24,25,26). The highest BCUT2D eigenvalue weighted by molar-refractivity contribution is 5.79. The van der Waals surface area contributed by atoms with Crippen molar-refractivity contribution >= 4 is 11.9 Å². The average Bonchev–Trinajstić information content (AvgIpc) is 2.93. The van der Waals surface area contributed by atoms with E-state index in [4.69, 9.17) is 9.73 Å². The first kappa shape index (κ1) is 23.0. The van der Waals surface area contributed by atoms with Crippen LogP contribution in [0.15, 0.2) is 29.3 Å². The second-order valence-electron chi connectivity index (χ2n) is 8.28. The van der Waals surface area contributed by atoms with E-state index in [1.165, 1.54) is 12.0 Å². The first-order chi connectivity index (χ1) is 14.0. The SMILES string of the molecule is CCNC(=NCC(C)(C)c1cccc(OC)c1)NCCCN1CCCCCC1=O. The van der Waals surface area contributed by atoms with Crippen LogP contribution < -0.4 is 15.4 Å². The van der Waals surface area contributed by atoms with Crippen LogP contribution in [0.25, 0.3) is 0 Å². The number of nitrogens with one attached hydrogen (secondary N) is 2. The molecule has 29 heavy (non-hydrogen) atoms. The van der Waals surface area contributed by atoms with Crippen LogP contribution in [0.2, 0.25) is 0 Å². The smallest absolute Gasteiger partial charge is 0.222 e. The van der Waals surface area contributed by atoms with E-state index < -0.39 is 0 Å².